The fourth-order valence-electron chi connectivity index (χ4n) is 3.46. The normalized spacial score (nSPS) is 15.9. The van der Waals surface area contributed by atoms with Crippen molar-refractivity contribution in [2.24, 2.45) is 5.10 Å². The number of methoxy groups -OCH3 is 3. The number of carbonyl (C=O) groups is 2. The zero-order chi connectivity index (χ0) is 23.3. The van der Waals surface area contributed by atoms with Crippen molar-refractivity contribution in [2.75, 3.05) is 26.3 Å². The molecule has 166 valence electrons. The molecule has 1 amide bonds. The number of carbonyl (C=O) groups excluding carboxylic acids is 2. The van der Waals surface area contributed by atoms with Crippen molar-refractivity contribution in [3.8, 4) is 23.3 Å². The van der Waals surface area contributed by atoms with Crippen LogP contribution >= 0.6 is 0 Å². The Labute approximate surface area is 186 Å². The molecule has 1 heterocycles. The van der Waals surface area contributed by atoms with E-state index in [9.17, 15) is 14.9 Å². The molecule has 2 aromatic rings. The minimum Gasteiger partial charge on any atom is -0.493 e. The summed E-state index contributed by atoms with van der Waals surface area (Å²) in [6, 6.07) is 12.8. The van der Waals surface area contributed by atoms with Crippen LogP contribution in [0.5, 0.6) is 17.2 Å². The van der Waals surface area contributed by atoms with Gasteiger partial charge in [-0.2, -0.15) is 10.4 Å². The van der Waals surface area contributed by atoms with Crippen molar-refractivity contribution < 1.29 is 23.8 Å². The molecule has 32 heavy (non-hydrogen) atoms. The second kappa shape index (κ2) is 9.83. The van der Waals surface area contributed by atoms with Gasteiger partial charge in [-0.1, -0.05) is 18.2 Å². The van der Waals surface area contributed by atoms with Crippen molar-refractivity contribution in [1.82, 2.24) is 5.32 Å². The highest BCUT2D eigenvalue weighted by atomic mass is 16.5. The second-order valence-electron chi connectivity index (χ2n) is 7.05. The van der Waals surface area contributed by atoms with Crippen LogP contribution in [0.1, 0.15) is 24.9 Å². The summed E-state index contributed by atoms with van der Waals surface area (Å²) in [5, 5.41) is 18.3. The smallest absolute Gasteiger partial charge is 0.268 e. The SMILES string of the molecule is COc1cc(C(C#N)NC(=O)C2=NN(c3ccccc3)C(C(C)=O)C2)cc(OC)c1OC. The summed E-state index contributed by atoms with van der Waals surface area (Å²) in [4.78, 5) is 25.1. The van der Waals surface area contributed by atoms with Crippen LogP contribution in [0.25, 0.3) is 0 Å². The van der Waals surface area contributed by atoms with Gasteiger partial charge in [0.1, 0.15) is 17.8 Å². The standard InChI is InChI=1S/C23H24N4O5/c1-14(28)19-12-17(26-27(19)16-8-6-5-7-9-16)23(29)25-18(13-24)15-10-20(30-2)22(32-4)21(11-15)31-3/h5-11,18-19H,12H2,1-4H3,(H,25,29). The first-order valence-corrected chi connectivity index (χ1v) is 9.86. The highest BCUT2D eigenvalue weighted by Gasteiger charge is 2.35. The zero-order valence-corrected chi connectivity index (χ0v) is 18.3. The number of hydrogen-bond donors (Lipinski definition) is 1. The maximum atomic E-state index is 12.9. The Morgan fingerprint density at radius 1 is 1.12 bits per heavy atom. The highest BCUT2D eigenvalue weighted by Crippen LogP contribution is 2.39. The number of ketones is 1. The van der Waals surface area contributed by atoms with Crippen molar-refractivity contribution >= 4 is 23.1 Å². The summed E-state index contributed by atoms with van der Waals surface area (Å²) >= 11 is 0. The summed E-state index contributed by atoms with van der Waals surface area (Å²) in [5.74, 6) is 0.462. The molecule has 1 aliphatic heterocycles. The number of nitriles is 1. The van der Waals surface area contributed by atoms with E-state index < -0.39 is 18.0 Å². The molecular formula is C23H24N4O5. The second-order valence-corrected chi connectivity index (χ2v) is 7.05. The molecule has 2 unspecified atom stereocenters. The molecule has 2 aromatic carbocycles. The van der Waals surface area contributed by atoms with Gasteiger partial charge in [0, 0.05) is 6.42 Å². The highest BCUT2D eigenvalue weighted by molar-refractivity contribution is 6.40. The molecule has 2 atom stereocenters. The summed E-state index contributed by atoms with van der Waals surface area (Å²) < 4.78 is 16.0. The molecule has 0 aliphatic carbocycles. The number of Topliss-reactive ketones (excluding diaryl/α,β-unsaturated/α-hetero) is 1. The average Bonchev–Trinajstić information content (AvgIpc) is 3.28. The lowest BCUT2D eigenvalue weighted by molar-refractivity contribution is -0.118. The lowest BCUT2D eigenvalue weighted by Crippen LogP contribution is -2.35. The molecule has 0 spiro atoms. The molecule has 0 saturated carbocycles. The Bertz CT molecular complexity index is 1050. The van der Waals surface area contributed by atoms with Crippen molar-refractivity contribution in [3.63, 3.8) is 0 Å². The first-order valence-electron chi connectivity index (χ1n) is 9.86. The number of benzene rings is 2. The molecule has 0 fully saturated rings. The predicted octanol–water partition coefficient (Wildman–Crippen LogP) is 2.62. The summed E-state index contributed by atoms with van der Waals surface area (Å²) in [6.07, 6.45) is 0.142. The number of anilines is 1. The van der Waals surface area contributed by atoms with Crippen LogP contribution in [0.15, 0.2) is 47.6 Å². The van der Waals surface area contributed by atoms with Crippen molar-refractivity contribution in [3.05, 3.63) is 48.0 Å². The van der Waals surface area contributed by atoms with Gasteiger partial charge in [0.05, 0.1) is 33.1 Å². The molecule has 9 nitrogen and oxygen atoms in total. The molecule has 0 bridgehead atoms. The monoisotopic (exact) mass is 436 g/mol. The van der Waals surface area contributed by atoms with E-state index in [1.807, 2.05) is 30.3 Å². The van der Waals surface area contributed by atoms with Gasteiger partial charge in [-0.05, 0) is 36.8 Å². The van der Waals surface area contributed by atoms with Crippen LogP contribution in [0, 0.1) is 11.3 Å². The van der Waals surface area contributed by atoms with Crippen LogP contribution in [0.4, 0.5) is 5.69 Å². The molecule has 1 N–H and O–H groups in total. The van der Waals surface area contributed by atoms with E-state index in [-0.39, 0.29) is 17.9 Å². The minimum absolute atomic E-state index is 0.109. The van der Waals surface area contributed by atoms with E-state index in [2.05, 4.69) is 16.5 Å². The lowest BCUT2D eigenvalue weighted by atomic mass is 10.0. The molecular weight excluding hydrogens is 412 g/mol. The fourth-order valence-corrected chi connectivity index (χ4v) is 3.46. The summed E-state index contributed by atoms with van der Waals surface area (Å²) in [7, 11) is 4.41. The van der Waals surface area contributed by atoms with Gasteiger partial charge in [0.2, 0.25) is 5.75 Å². The van der Waals surface area contributed by atoms with Gasteiger partial charge in [-0.15, -0.1) is 0 Å². The summed E-state index contributed by atoms with van der Waals surface area (Å²) in [5.41, 5.74) is 1.33. The Morgan fingerprint density at radius 2 is 1.75 bits per heavy atom. The Hall–Kier alpha value is -4.06. The van der Waals surface area contributed by atoms with Crippen LogP contribution in [-0.4, -0.2) is 44.8 Å². The van der Waals surface area contributed by atoms with Gasteiger partial charge in [-0.3, -0.25) is 14.6 Å². The molecule has 9 heteroatoms. The number of rotatable bonds is 8. The summed E-state index contributed by atoms with van der Waals surface area (Å²) in [6.45, 7) is 1.46. The van der Waals surface area contributed by atoms with Crippen molar-refractivity contribution in [2.45, 2.75) is 25.4 Å². The van der Waals surface area contributed by atoms with E-state index in [4.69, 9.17) is 14.2 Å². The molecule has 0 radical (unpaired) electrons. The number of nitrogens with one attached hydrogen (secondary N) is 1. The third-order valence-electron chi connectivity index (χ3n) is 5.09. The van der Waals surface area contributed by atoms with Gasteiger partial charge in [0.25, 0.3) is 5.91 Å². The first kappa shape index (κ1) is 22.6. The van der Waals surface area contributed by atoms with Crippen LogP contribution < -0.4 is 24.5 Å². The predicted molar refractivity (Wildman–Crippen MR) is 118 cm³/mol. The molecule has 1 aliphatic rings. The third-order valence-corrected chi connectivity index (χ3v) is 5.09. The minimum atomic E-state index is -1.000. The van der Waals surface area contributed by atoms with E-state index in [1.54, 1.807) is 12.1 Å². The fraction of sp³-hybridized carbons (Fsp3) is 0.304. The molecule has 0 saturated heterocycles. The largest absolute Gasteiger partial charge is 0.493 e. The molecule has 0 aromatic heterocycles. The van der Waals surface area contributed by atoms with Gasteiger partial charge < -0.3 is 19.5 Å². The zero-order valence-electron chi connectivity index (χ0n) is 18.3. The number of nitrogens with zero attached hydrogens (tertiary/aromatic N) is 3. The number of para-hydroxylation sites is 1. The van der Waals surface area contributed by atoms with Gasteiger partial charge >= 0.3 is 0 Å². The quantitative estimate of drug-likeness (QED) is 0.677. The Balaban J connectivity index is 1.87. The number of amides is 1. The van der Waals surface area contributed by atoms with E-state index in [0.29, 0.717) is 28.5 Å². The van der Waals surface area contributed by atoms with E-state index >= 15 is 0 Å². The molecule has 3 rings (SSSR count). The maximum absolute atomic E-state index is 12.9. The van der Waals surface area contributed by atoms with Gasteiger partial charge in [-0.25, -0.2) is 0 Å². The average molecular weight is 436 g/mol. The topological polar surface area (TPSA) is 113 Å². The van der Waals surface area contributed by atoms with E-state index in [1.165, 1.54) is 33.3 Å². The van der Waals surface area contributed by atoms with Crippen LogP contribution in [-0.2, 0) is 9.59 Å². The first-order chi connectivity index (χ1) is 15.4. The maximum Gasteiger partial charge on any atom is 0.268 e. The van der Waals surface area contributed by atoms with E-state index in [0.717, 1.165) is 0 Å². The third kappa shape index (κ3) is 4.49. The Morgan fingerprint density at radius 3 is 2.25 bits per heavy atom. The number of hydrogen-bond acceptors (Lipinski definition) is 8. The van der Waals surface area contributed by atoms with Crippen molar-refractivity contribution in [1.29, 1.82) is 5.26 Å². The number of hydrazone groups is 1. The van der Waals surface area contributed by atoms with Crippen LogP contribution in [0.2, 0.25) is 0 Å². The van der Waals surface area contributed by atoms with Gasteiger partial charge in [0.15, 0.2) is 17.3 Å². The lowest BCUT2D eigenvalue weighted by Gasteiger charge is -2.20. The number of ether oxygens (including phenoxy) is 3. The van der Waals surface area contributed by atoms with Crippen LogP contribution in [0.3, 0.4) is 0 Å². The Kier molecular flexibility index (Phi) is 6.95.